The highest BCUT2D eigenvalue weighted by Gasteiger charge is 2.23. The van der Waals surface area contributed by atoms with E-state index in [1.165, 1.54) is 66.4 Å². The molecule has 0 heterocycles. The zero-order valence-electron chi connectivity index (χ0n) is 29.3. The molecule has 0 amide bonds. The molecule has 0 aliphatic rings. The molecule has 1 nitrogen and oxygen atoms in total. The first kappa shape index (κ1) is 32.0. The second-order valence-corrected chi connectivity index (χ2v) is 13.3. The Morgan fingerprint density at radius 1 is 0.264 bits per heavy atom. The third-order valence-electron chi connectivity index (χ3n) is 10.1. The van der Waals surface area contributed by atoms with Crippen molar-refractivity contribution in [1.82, 2.24) is 0 Å². The summed E-state index contributed by atoms with van der Waals surface area (Å²) >= 11 is 0. The highest BCUT2D eigenvalue weighted by Crippen LogP contribution is 2.49. The van der Waals surface area contributed by atoms with E-state index in [9.17, 15) is 0 Å². The van der Waals surface area contributed by atoms with E-state index in [1.807, 2.05) is 0 Å². The fourth-order valence-corrected chi connectivity index (χ4v) is 7.56. The van der Waals surface area contributed by atoms with E-state index in [1.54, 1.807) is 0 Å². The van der Waals surface area contributed by atoms with Crippen molar-refractivity contribution in [3.8, 4) is 55.6 Å². The molecule has 0 atom stereocenters. The van der Waals surface area contributed by atoms with Crippen molar-refractivity contribution in [2.24, 2.45) is 0 Å². The molecule has 0 fully saturated rings. The van der Waals surface area contributed by atoms with Crippen molar-refractivity contribution in [2.45, 2.75) is 0 Å². The number of hydrogen-bond donors (Lipinski definition) is 0. The average molecular weight is 676 g/mol. The van der Waals surface area contributed by atoms with Gasteiger partial charge in [0.05, 0.1) is 11.4 Å². The molecule has 0 spiro atoms. The Morgan fingerprint density at radius 2 is 0.717 bits per heavy atom. The van der Waals surface area contributed by atoms with Crippen LogP contribution in [0.15, 0.2) is 224 Å². The van der Waals surface area contributed by atoms with Crippen LogP contribution in [0.3, 0.4) is 0 Å². The summed E-state index contributed by atoms with van der Waals surface area (Å²) in [6.45, 7) is 0. The molecular formula is C52H37N. The van der Waals surface area contributed by atoms with Crippen molar-refractivity contribution in [3.63, 3.8) is 0 Å². The molecule has 0 aliphatic carbocycles. The summed E-state index contributed by atoms with van der Waals surface area (Å²) in [5, 5.41) is 2.40. The lowest BCUT2D eigenvalue weighted by Gasteiger charge is -2.31. The van der Waals surface area contributed by atoms with Gasteiger partial charge in [-0.1, -0.05) is 194 Å². The molecule has 0 saturated heterocycles. The quantitative estimate of drug-likeness (QED) is 0.155. The molecule has 9 aromatic rings. The maximum Gasteiger partial charge on any atom is 0.0546 e. The van der Waals surface area contributed by atoms with Gasteiger partial charge in [-0.05, 0) is 85.8 Å². The van der Waals surface area contributed by atoms with Crippen LogP contribution in [0.25, 0.3) is 66.4 Å². The average Bonchev–Trinajstić information content (AvgIpc) is 3.25. The van der Waals surface area contributed by atoms with Crippen LogP contribution >= 0.6 is 0 Å². The number of hydrogen-bond acceptors (Lipinski definition) is 1. The lowest BCUT2D eigenvalue weighted by Crippen LogP contribution is -2.12. The molecule has 0 bridgehead atoms. The minimum Gasteiger partial charge on any atom is -0.309 e. The summed E-state index contributed by atoms with van der Waals surface area (Å²) in [6.07, 6.45) is 0. The predicted octanol–water partition coefficient (Wildman–Crippen LogP) is 14.6. The lowest BCUT2D eigenvalue weighted by molar-refractivity contribution is 1.30. The first-order valence-corrected chi connectivity index (χ1v) is 18.2. The second-order valence-electron chi connectivity index (χ2n) is 13.3. The van der Waals surface area contributed by atoms with Crippen LogP contribution < -0.4 is 4.90 Å². The molecule has 0 saturated carbocycles. The van der Waals surface area contributed by atoms with Crippen molar-refractivity contribution in [1.29, 1.82) is 0 Å². The van der Waals surface area contributed by atoms with Crippen LogP contribution in [0.4, 0.5) is 17.1 Å². The zero-order chi connectivity index (χ0) is 35.4. The second kappa shape index (κ2) is 14.3. The van der Waals surface area contributed by atoms with Crippen molar-refractivity contribution in [2.75, 3.05) is 4.90 Å². The third-order valence-corrected chi connectivity index (χ3v) is 10.1. The molecule has 0 unspecified atom stereocenters. The number of nitrogens with zero attached hydrogens (tertiary/aromatic N) is 1. The molecule has 1 heteroatoms. The van der Waals surface area contributed by atoms with E-state index < -0.39 is 0 Å². The largest absolute Gasteiger partial charge is 0.309 e. The minimum absolute atomic E-state index is 1.09. The normalized spacial score (nSPS) is 11.0. The lowest BCUT2D eigenvalue weighted by atomic mass is 9.87. The first-order valence-electron chi connectivity index (χ1n) is 18.2. The molecule has 0 aromatic heterocycles. The van der Waals surface area contributed by atoms with E-state index in [0.717, 1.165) is 17.1 Å². The van der Waals surface area contributed by atoms with Crippen LogP contribution in [-0.4, -0.2) is 0 Å². The van der Waals surface area contributed by atoms with Gasteiger partial charge in [0, 0.05) is 16.6 Å². The van der Waals surface area contributed by atoms with Crippen LogP contribution in [0.1, 0.15) is 0 Å². The van der Waals surface area contributed by atoms with Gasteiger partial charge in [-0.3, -0.25) is 0 Å². The van der Waals surface area contributed by atoms with Gasteiger partial charge in [0.1, 0.15) is 0 Å². The van der Waals surface area contributed by atoms with E-state index in [0.29, 0.717) is 0 Å². The van der Waals surface area contributed by atoms with Gasteiger partial charge in [-0.15, -0.1) is 0 Å². The molecule has 0 radical (unpaired) electrons. The minimum atomic E-state index is 1.09. The summed E-state index contributed by atoms with van der Waals surface area (Å²) < 4.78 is 0. The zero-order valence-corrected chi connectivity index (χ0v) is 29.3. The number of anilines is 3. The highest BCUT2D eigenvalue weighted by atomic mass is 15.1. The Labute approximate surface area is 311 Å². The molecule has 9 aromatic carbocycles. The Morgan fingerprint density at radius 3 is 1.42 bits per heavy atom. The molecule has 0 aliphatic heterocycles. The van der Waals surface area contributed by atoms with Crippen molar-refractivity contribution < 1.29 is 0 Å². The van der Waals surface area contributed by atoms with Crippen LogP contribution in [0.5, 0.6) is 0 Å². The maximum atomic E-state index is 2.45. The van der Waals surface area contributed by atoms with Gasteiger partial charge in [0.2, 0.25) is 0 Å². The summed E-state index contributed by atoms with van der Waals surface area (Å²) in [5.41, 5.74) is 15.3. The Bertz CT molecular complexity index is 2640. The summed E-state index contributed by atoms with van der Waals surface area (Å²) in [4.78, 5) is 2.45. The van der Waals surface area contributed by atoms with Gasteiger partial charge in [-0.2, -0.15) is 0 Å². The highest BCUT2D eigenvalue weighted by molar-refractivity contribution is 6.05. The van der Waals surface area contributed by atoms with Gasteiger partial charge < -0.3 is 4.90 Å². The summed E-state index contributed by atoms with van der Waals surface area (Å²) in [7, 11) is 0. The van der Waals surface area contributed by atoms with Gasteiger partial charge in [0.25, 0.3) is 0 Å². The molecule has 9 rings (SSSR count). The standard InChI is InChI=1S/C52H37N/c1-4-17-38(18-5-1)43-25-14-26-44(37-43)39-33-35-45(36-34-39)53(50-31-15-24-41-23-10-11-28-47(41)50)51-32-16-30-48(42-21-8-3-9-22-42)52(51)49-29-13-12-27-46(49)40-19-6-2-7-20-40/h1-37H. The number of fused-ring (bicyclic) bond motifs is 1. The van der Waals surface area contributed by atoms with Crippen LogP contribution in [0.2, 0.25) is 0 Å². The van der Waals surface area contributed by atoms with E-state index in [-0.39, 0.29) is 0 Å². The van der Waals surface area contributed by atoms with Gasteiger partial charge in [-0.25, -0.2) is 0 Å². The molecule has 53 heavy (non-hydrogen) atoms. The predicted molar refractivity (Wildman–Crippen MR) is 226 cm³/mol. The molecule has 250 valence electrons. The Balaban J connectivity index is 1.28. The van der Waals surface area contributed by atoms with E-state index >= 15 is 0 Å². The van der Waals surface area contributed by atoms with Crippen molar-refractivity contribution >= 4 is 27.8 Å². The maximum absolute atomic E-state index is 2.45. The first-order chi connectivity index (χ1) is 26.3. The van der Waals surface area contributed by atoms with Crippen molar-refractivity contribution in [3.05, 3.63) is 224 Å². The number of rotatable bonds is 8. The van der Waals surface area contributed by atoms with E-state index in [2.05, 4.69) is 229 Å². The van der Waals surface area contributed by atoms with Gasteiger partial charge in [0.15, 0.2) is 0 Å². The van der Waals surface area contributed by atoms with Gasteiger partial charge >= 0.3 is 0 Å². The fraction of sp³-hybridized carbons (Fsp3) is 0. The molecule has 0 N–H and O–H groups in total. The smallest absolute Gasteiger partial charge is 0.0546 e. The summed E-state index contributed by atoms with van der Waals surface area (Å²) in [5.74, 6) is 0. The topological polar surface area (TPSA) is 3.24 Å². The monoisotopic (exact) mass is 675 g/mol. The Kier molecular flexibility index (Phi) is 8.66. The van der Waals surface area contributed by atoms with Crippen LogP contribution in [0, 0.1) is 0 Å². The van der Waals surface area contributed by atoms with E-state index in [4.69, 9.17) is 0 Å². The SMILES string of the molecule is c1ccc(-c2cccc(-c3ccc(N(c4cccc(-c5ccccc5)c4-c4ccccc4-c4ccccc4)c4cccc5ccccc45)cc3)c2)cc1. The Hall–Kier alpha value is -6.96. The summed E-state index contributed by atoms with van der Waals surface area (Å²) in [6, 6.07) is 80.9. The number of benzene rings is 9. The van der Waals surface area contributed by atoms with Crippen LogP contribution in [-0.2, 0) is 0 Å². The molecular weight excluding hydrogens is 639 g/mol. The third kappa shape index (κ3) is 6.30. The fourth-order valence-electron chi connectivity index (χ4n) is 7.56.